The first kappa shape index (κ1) is 71.2. The molecule has 0 bridgehead atoms. The lowest BCUT2D eigenvalue weighted by molar-refractivity contribution is -0.107. The second kappa shape index (κ2) is 35.5. The molecule has 10 rings (SSSR count). The van der Waals surface area contributed by atoms with E-state index >= 15 is 0 Å². The number of hydrogen-bond donors (Lipinski definition) is 1. The Bertz CT molecular complexity index is 2790. The van der Waals surface area contributed by atoms with Gasteiger partial charge in [-0.15, -0.1) is 6.42 Å². The van der Waals surface area contributed by atoms with Gasteiger partial charge in [0, 0.05) is 90.5 Å². The highest BCUT2D eigenvalue weighted by molar-refractivity contribution is 5.69. The number of carbonyl (C=O) groups is 4. The van der Waals surface area contributed by atoms with Crippen molar-refractivity contribution in [3.8, 4) is 12.3 Å². The van der Waals surface area contributed by atoms with Crippen molar-refractivity contribution in [2.45, 2.75) is 173 Å². The van der Waals surface area contributed by atoms with E-state index in [2.05, 4.69) is 93.8 Å². The number of nitrogens with one attached hydrogen (secondary N) is 1. The number of hydrogen-bond acceptors (Lipinski definition) is 12. The minimum Gasteiger partial charge on any atom is -0.444 e. The van der Waals surface area contributed by atoms with E-state index < -0.39 is 16.8 Å². The van der Waals surface area contributed by atoms with Crippen molar-refractivity contribution in [2.24, 2.45) is 0 Å². The molecule has 0 spiro atoms. The third-order valence-corrected chi connectivity index (χ3v) is 17.6. The predicted octanol–water partition coefficient (Wildman–Crippen LogP) is 13.0. The van der Waals surface area contributed by atoms with Gasteiger partial charge in [-0.1, -0.05) is 90.8 Å². The van der Waals surface area contributed by atoms with Crippen LogP contribution in [-0.4, -0.2) is 184 Å². The van der Waals surface area contributed by atoms with Crippen LogP contribution in [0.25, 0.3) is 0 Å². The molecule has 4 aromatic carbocycles. The SMILES string of the molecule is C#Cc1ccc(C2CCN(C(=O)OC(C)(C)C)CC2)cc1.CC(C)(C)OC(=O)N1CCC(c2ccc(CC=O)cc2)CC1.CC(C)(C)OC(=O)N1CCC(c2ccc(CCN3CCOCC3)cc2)CC1.c1cc(C2CCNCC2)ccc1CCN1CCOCC1. The number of nitrogens with zero attached hydrogens (tertiary/aromatic N) is 5. The van der Waals surface area contributed by atoms with Gasteiger partial charge in [-0.2, -0.15) is 0 Å². The summed E-state index contributed by atoms with van der Waals surface area (Å²) in [4.78, 5) is 57.2. The zero-order valence-electron chi connectivity index (χ0n) is 56.1. The summed E-state index contributed by atoms with van der Waals surface area (Å²) in [6.07, 6.45) is 16.8. The van der Waals surface area contributed by atoms with Crippen LogP contribution in [0.3, 0.4) is 0 Å². The lowest BCUT2D eigenvalue weighted by atomic mass is 9.89. The van der Waals surface area contributed by atoms with Gasteiger partial charge >= 0.3 is 18.3 Å². The Morgan fingerprint density at radius 2 is 0.744 bits per heavy atom. The maximum atomic E-state index is 12.2. The van der Waals surface area contributed by atoms with Gasteiger partial charge in [0.1, 0.15) is 23.1 Å². The fraction of sp³-hybridized carbons (Fsp3) is 0.600. The molecule has 6 fully saturated rings. The van der Waals surface area contributed by atoms with Crippen molar-refractivity contribution in [1.29, 1.82) is 0 Å². The summed E-state index contributed by atoms with van der Waals surface area (Å²) in [5.74, 6) is 4.91. The number of benzene rings is 4. The van der Waals surface area contributed by atoms with Gasteiger partial charge in [0.25, 0.3) is 0 Å². The summed E-state index contributed by atoms with van der Waals surface area (Å²) in [7, 11) is 0. The van der Waals surface area contributed by atoms with Crippen molar-refractivity contribution in [3.63, 3.8) is 0 Å². The number of amides is 3. The van der Waals surface area contributed by atoms with E-state index in [0.717, 1.165) is 180 Å². The van der Waals surface area contributed by atoms with Crippen LogP contribution in [0.4, 0.5) is 14.4 Å². The normalized spacial score (nSPS) is 18.7. The maximum absolute atomic E-state index is 12.2. The summed E-state index contributed by atoms with van der Waals surface area (Å²) in [5.41, 5.74) is 9.04. The predicted molar refractivity (Wildman–Crippen MR) is 360 cm³/mol. The van der Waals surface area contributed by atoms with Gasteiger partial charge < -0.3 is 48.5 Å². The third-order valence-electron chi connectivity index (χ3n) is 17.6. The molecule has 1 N–H and O–H groups in total. The lowest BCUT2D eigenvalue weighted by Gasteiger charge is -2.33. The summed E-state index contributed by atoms with van der Waals surface area (Å²) in [5, 5.41) is 3.44. The number of carbonyl (C=O) groups excluding carboxylic acids is 4. The molecule has 3 amide bonds. The second-order valence-corrected chi connectivity index (χ2v) is 28.0. The average molecular weight is 1240 g/mol. The highest BCUT2D eigenvalue weighted by atomic mass is 16.6. The molecule has 0 saturated carbocycles. The Hall–Kier alpha value is -6.28. The van der Waals surface area contributed by atoms with Crippen LogP contribution >= 0.6 is 0 Å². The topological polar surface area (TPSA) is 143 Å². The molecular weight excluding hydrogens is 1130 g/mol. The molecule has 0 unspecified atom stereocenters. The zero-order chi connectivity index (χ0) is 64.5. The number of ether oxygens (including phenoxy) is 5. The lowest BCUT2D eigenvalue weighted by Crippen LogP contribution is -2.41. The van der Waals surface area contributed by atoms with Crippen molar-refractivity contribution in [3.05, 3.63) is 142 Å². The van der Waals surface area contributed by atoms with E-state index in [1.54, 1.807) is 9.80 Å². The summed E-state index contributed by atoms with van der Waals surface area (Å²) >= 11 is 0. The number of morpholine rings is 2. The van der Waals surface area contributed by atoms with E-state index in [0.29, 0.717) is 24.2 Å². The highest BCUT2D eigenvalue weighted by Gasteiger charge is 2.31. The van der Waals surface area contributed by atoms with E-state index in [1.165, 1.54) is 59.3 Å². The quantitative estimate of drug-likeness (QED) is 0.0819. The average Bonchev–Trinajstić information content (AvgIpc) is 2.66. The van der Waals surface area contributed by atoms with Gasteiger partial charge in [-0.05, 0) is 214 Å². The Balaban J connectivity index is 0.000000172. The van der Waals surface area contributed by atoms with Crippen LogP contribution in [0.15, 0.2) is 97.1 Å². The second-order valence-electron chi connectivity index (χ2n) is 28.0. The maximum Gasteiger partial charge on any atom is 0.410 e. The highest BCUT2D eigenvalue weighted by Crippen LogP contribution is 2.32. The summed E-state index contributed by atoms with van der Waals surface area (Å²) in [6, 6.07) is 34.9. The molecule has 15 nitrogen and oxygen atoms in total. The van der Waals surface area contributed by atoms with Crippen LogP contribution in [0.2, 0.25) is 0 Å². The first-order chi connectivity index (χ1) is 43.1. The van der Waals surface area contributed by atoms with Crippen LogP contribution in [0.1, 0.15) is 182 Å². The fourth-order valence-electron chi connectivity index (χ4n) is 12.3. The van der Waals surface area contributed by atoms with Crippen molar-refractivity contribution in [1.82, 2.24) is 29.8 Å². The van der Waals surface area contributed by atoms with Crippen molar-refractivity contribution >= 4 is 24.6 Å². The summed E-state index contributed by atoms with van der Waals surface area (Å²) < 4.78 is 27.1. The standard InChI is InChI=1S/C22H34N2O3.C18H25NO3.C18H23NO2.C17H26N2O/c1-22(2,3)27-21(25)24-12-9-20(10-13-24)19-6-4-18(5-7-19)8-11-23-14-16-26-17-15-23;1-18(2,3)22-17(21)19-11-8-16(9-12-19)15-6-4-14(5-7-15)10-13-20;1-5-14-6-8-15(9-7-14)16-10-12-19(13-11-16)17(20)21-18(2,3)4;1-3-16(17-5-8-18-9-6-17)4-2-15(1)7-10-19-11-13-20-14-12-19/h4-7,20H,8-17H2,1-3H3;4-7,13,16H,8-12H2,1-3H3;1,6-9,16H,10-13H2,2-4H3;1-4,17-18H,5-14H2. The Labute approximate surface area is 540 Å². The van der Waals surface area contributed by atoms with Gasteiger partial charge in [0.05, 0.1) is 26.4 Å². The minimum atomic E-state index is -0.442. The Morgan fingerprint density at radius 1 is 0.456 bits per heavy atom. The van der Waals surface area contributed by atoms with E-state index in [9.17, 15) is 19.2 Å². The van der Waals surface area contributed by atoms with Crippen LogP contribution in [0.5, 0.6) is 0 Å². The van der Waals surface area contributed by atoms with E-state index in [4.69, 9.17) is 30.1 Å². The molecule has 6 saturated heterocycles. The molecule has 0 radical (unpaired) electrons. The first-order valence-corrected chi connectivity index (χ1v) is 33.6. The molecule has 4 aromatic rings. The monoisotopic (exact) mass is 1240 g/mol. The molecule has 6 aliphatic heterocycles. The number of terminal acetylenes is 1. The fourth-order valence-corrected chi connectivity index (χ4v) is 12.3. The van der Waals surface area contributed by atoms with Gasteiger partial charge in [-0.3, -0.25) is 9.80 Å². The van der Waals surface area contributed by atoms with Gasteiger partial charge in [0.2, 0.25) is 0 Å². The molecule has 0 aliphatic carbocycles. The molecule has 6 aliphatic rings. The Kier molecular flexibility index (Phi) is 28.1. The first-order valence-electron chi connectivity index (χ1n) is 33.6. The number of rotatable bonds is 12. The van der Waals surface area contributed by atoms with Crippen LogP contribution < -0.4 is 5.32 Å². The smallest absolute Gasteiger partial charge is 0.410 e. The third kappa shape index (κ3) is 25.1. The van der Waals surface area contributed by atoms with Gasteiger partial charge in [0.15, 0.2) is 0 Å². The molecule has 0 atom stereocenters. The minimum absolute atomic E-state index is 0.181. The van der Waals surface area contributed by atoms with Crippen LogP contribution in [-0.2, 0) is 47.7 Å². The van der Waals surface area contributed by atoms with Gasteiger partial charge in [-0.25, -0.2) is 14.4 Å². The number of likely N-dealkylation sites (tertiary alicyclic amines) is 3. The van der Waals surface area contributed by atoms with Crippen LogP contribution in [0, 0.1) is 12.3 Å². The zero-order valence-corrected chi connectivity index (χ0v) is 56.1. The summed E-state index contributed by atoms with van der Waals surface area (Å²) in [6.45, 7) is 34.0. The molecular formula is C75H108N6O9. The van der Waals surface area contributed by atoms with Crippen molar-refractivity contribution < 1.29 is 42.9 Å². The van der Waals surface area contributed by atoms with E-state index in [-0.39, 0.29) is 18.3 Å². The van der Waals surface area contributed by atoms with Crippen molar-refractivity contribution in [2.75, 3.05) is 118 Å². The largest absolute Gasteiger partial charge is 0.444 e. The van der Waals surface area contributed by atoms with E-state index in [1.807, 2.05) is 91.5 Å². The molecule has 492 valence electrons. The molecule has 15 heteroatoms. The number of piperidine rings is 4. The molecule has 6 heterocycles. The molecule has 0 aromatic heterocycles. The molecule has 90 heavy (non-hydrogen) atoms. The number of aldehydes is 1. The Morgan fingerprint density at radius 3 is 1.03 bits per heavy atom.